The lowest BCUT2D eigenvalue weighted by atomic mass is 10.1. The van der Waals surface area contributed by atoms with Crippen molar-refractivity contribution in [3.63, 3.8) is 0 Å². The first-order chi connectivity index (χ1) is 11.1. The lowest BCUT2D eigenvalue weighted by Crippen LogP contribution is -2.27. The SMILES string of the molecule is Cc1ccn(Cc2nnc(-c3ccccc3)o2)c(=O)c1C(=O)O. The van der Waals surface area contributed by atoms with Crippen molar-refractivity contribution < 1.29 is 14.3 Å². The number of carboxylic acid groups (broad SMARTS) is 1. The van der Waals surface area contributed by atoms with Gasteiger partial charge in [0, 0.05) is 11.8 Å². The Morgan fingerprint density at radius 2 is 1.96 bits per heavy atom. The molecule has 0 radical (unpaired) electrons. The van der Waals surface area contributed by atoms with Crippen LogP contribution in [0.1, 0.15) is 21.8 Å². The maximum absolute atomic E-state index is 12.2. The second-order valence-corrected chi connectivity index (χ2v) is 4.98. The summed E-state index contributed by atoms with van der Waals surface area (Å²) in [5.41, 5.74) is 0.329. The number of carbonyl (C=O) groups is 1. The van der Waals surface area contributed by atoms with Crippen molar-refractivity contribution in [3.8, 4) is 11.5 Å². The van der Waals surface area contributed by atoms with E-state index in [2.05, 4.69) is 10.2 Å². The lowest BCUT2D eigenvalue weighted by molar-refractivity contribution is 0.0693. The van der Waals surface area contributed by atoms with Crippen LogP contribution in [0.15, 0.2) is 51.8 Å². The molecule has 0 bridgehead atoms. The van der Waals surface area contributed by atoms with E-state index >= 15 is 0 Å². The summed E-state index contributed by atoms with van der Waals surface area (Å²) in [6.07, 6.45) is 1.51. The third-order valence-electron chi connectivity index (χ3n) is 3.38. The zero-order chi connectivity index (χ0) is 16.4. The Kier molecular flexibility index (Phi) is 3.76. The fourth-order valence-corrected chi connectivity index (χ4v) is 2.21. The molecule has 7 heteroatoms. The van der Waals surface area contributed by atoms with E-state index in [0.717, 1.165) is 5.56 Å². The highest BCUT2D eigenvalue weighted by atomic mass is 16.4. The molecule has 0 amide bonds. The van der Waals surface area contributed by atoms with E-state index in [1.165, 1.54) is 10.8 Å². The van der Waals surface area contributed by atoms with Gasteiger partial charge in [-0.3, -0.25) is 4.79 Å². The lowest BCUT2D eigenvalue weighted by Gasteiger charge is -2.05. The summed E-state index contributed by atoms with van der Waals surface area (Å²) in [6.45, 7) is 1.59. The number of benzene rings is 1. The van der Waals surface area contributed by atoms with Crippen molar-refractivity contribution in [2.24, 2.45) is 0 Å². The zero-order valence-electron chi connectivity index (χ0n) is 12.3. The number of nitrogens with zero attached hydrogens (tertiary/aromatic N) is 3. The molecule has 116 valence electrons. The Hall–Kier alpha value is -3.22. The van der Waals surface area contributed by atoms with Crippen LogP contribution in [0.5, 0.6) is 0 Å². The van der Waals surface area contributed by atoms with Gasteiger partial charge in [-0.2, -0.15) is 0 Å². The van der Waals surface area contributed by atoms with E-state index in [1.807, 2.05) is 30.3 Å². The predicted octanol–water partition coefficient (Wildman–Crippen LogP) is 1.95. The summed E-state index contributed by atoms with van der Waals surface area (Å²) in [6, 6.07) is 10.8. The summed E-state index contributed by atoms with van der Waals surface area (Å²) >= 11 is 0. The molecule has 1 N–H and O–H groups in total. The topological polar surface area (TPSA) is 98.2 Å². The van der Waals surface area contributed by atoms with Gasteiger partial charge >= 0.3 is 5.97 Å². The summed E-state index contributed by atoms with van der Waals surface area (Å²) in [5.74, 6) is -0.678. The molecule has 0 saturated carbocycles. The number of aryl methyl sites for hydroxylation is 1. The molecule has 1 aromatic carbocycles. The van der Waals surface area contributed by atoms with Crippen LogP contribution in [0.2, 0.25) is 0 Å². The molecule has 23 heavy (non-hydrogen) atoms. The standard InChI is InChI=1S/C16H13N3O4/c1-10-7-8-19(15(20)13(10)16(21)22)9-12-17-18-14(23-12)11-5-3-2-4-6-11/h2-8H,9H2,1H3,(H,21,22). The van der Waals surface area contributed by atoms with Crippen molar-refractivity contribution in [2.75, 3.05) is 0 Å². The Morgan fingerprint density at radius 3 is 2.65 bits per heavy atom. The van der Waals surface area contributed by atoms with Gasteiger partial charge in [-0.25, -0.2) is 4.79 Å². The molecule has 2 heterocycles. The first-order valence-corrected chi connectivity index (χ1v) is 6.87. The number of hydrogen-bond donors (Lipinski definition) is 1. The van der Waals surface area contributed by atoms with Crippen LogP contribution in [0.25, 0.3) is 11.5 Å². The highest BCUT2D eigenvalue weighted by Gasteiger charge is 2.16. The first kappa shape index (κ1) is 14.7. The van der Waals surface area contributed by atoms with E-state index in [9.17, 15) is 9.59 Å². The quantitative estimate of drug-likeness (QED) is 0.790. The van der Waals surface area contributed by atoms with Crippen LogP contribution < -0.4 is 5.56 Å². The van der Waals surface area contributed by atoms with Crippen LogP contribution in [0, 0.1) is 6.92 Å². The molecule has 0 unspecified atom stereocenters. The van der Waals surface area contributed by atoms with E-state index in [1.54, 1.807) is 13.0 Å². The summed E-state index contributed by atoms with van der Waals surface area (Å²) in [5, 5.41) is 17.0. The molecular weight excluding hydrogens is 298 g/mol. The van der Waals surface area contributed by atoms with Gasteiger partial charge in [0.05, 0.1) is 0 Å². The first-order valence-electron chi connectivity index (χ1n) is 6.87. The van der Waals surface area contributed by atoms with Crippen molar-refractivity contribution >= 4 is 5.97 Å². The molecule has 3 aromatic rings. The van der Waals surface area contributed by atoms with Gasteiger partial charge in [-0.15, -0.1) is 10.2 Å². The van der Waals surface area contributed by atoms with Gasteiger partial charge in [0.1, 0.15) is 12.1 Å². The smallest absolute Gasteiger partial charge is 0.341 e. The average molecular weight is 311 g/mol. The number of rotatable bonds is 4. The molecule has 0 aliphatic carbocycles. The second kappa shape index (κ2) is 5.88. The van der Waals surface area contributed by atoms with Crippen molar-refractivity contribution in [1.29, 1.82) is 0 Å². The summed E-state index contributed by atoms with van der Waals surface area (Å²) < 4.78 is 6.76. The molecule has 0 spiro atoms. The van der Waals surface area contributed by atoms with Crippen LogP contribution in [-0.4, -0.2) is 25.8 Å². The molecular formula is C16H13N3O4. The normalized spacial score (nSPS) is 10.7. The van der Waals surface area contributed by atoms with E-state index in [4.69, 9.17) is 9.52 Å². The Bertz CT molecular complexity index is 913. The molecule has 3 rings (SSSR count). The number of aromatic nitrogens is 3. The zero-order valence-corrected chi connectivity index (χ0v) is 12.3. The maximum atomic E-state index is 12.2. The minimum absolute atomic E-state index is 0.0131. The van der Waals surface area contributed by atoms with Crippen molar-refractivity contribution in [1.82, 2.24) is 14.8 Å². The highest BCUT2D eigenvalue weighted by molar-refractivity contribution is 5.88. The van der Waals surface area contributed by atoms with Gasteiger partial charge in [-0.05, 0) is 30.7 Å². The van der Waals surface area contributed by atoms with E-state index in [0.29, 0.717) is 11.5 Å². The molecule has 0 saturated heterocycles. The van der Waals surface area contributed by atoms with Crippen LogP contribution in [0.4, 0.5) is 0 Å². The fraction of sp³-hybridized carbons (Fsp3) is 0.125. The van der Waals surface area contributed by atoms with Crippen LogP contribution >= 0.6 is 0 Å². The monoisotopic (exact) mass is 311 g/mol. The van der Waals surface area contributed by atoms with Gasteiger partial charge < -0.3 is 14.1 Å². The molecule has 0 aliphatic rings. The predicted molar refractivity (Wildman–Crippen MR) is 81.2 cm³/mol. The third-order valence-corrected chi connectivity index (χ3v) is 3.38. The molecule has 7 nitrogen and oxygen atoms in total. The second-order valence-electron chi connectivity index (χ2n) is 4.98. The maximum Gasteiger partial charge on any atom is 0.341 e. The van der Waals surface area contributed by atoms with Crippen molar-refractivity contribution in [2.45, 2.75) is 13.5 Å². The van der Waals surface area contributed by atoms with Gasteiger partial charge in [0.25, 0.3) is 5.56 Å². The number of carboxylic acids is 1. The molecule has 0 fully saturated rings. The minimum atomic E-state index is -1.25. The van der Waals surface area contributed by atoms with Gasteiger partial charge in [0.15, 0.2) is 0 Å². The number of aromatic carboxylic acids is 1. The third kappa shape index (κ3) is 2.89. The van der Waals surface area contributed by atoms with Crippen LogP contribution in [-0.2, 0) is 6.54 Å². The summed E-state index contributed by atoms with van der Waals surface area (Å²) in [7, 11) is 0. The van der Waals surface area contributed by atoms with Gasteiger partial charge in [0.2, 0.25) is 11.8 Å². The largest absolute Gasteiger partial charge is 0.477 e. The summed E-state index contributed by atoms with van der Waals surface area (Å²) in [4.78, 5) is 23.4. The van der Waals surface area contributed by atoms with E-state index < -0.39 is 11.5 Å². The van der Waals surface area contributed by atoms with Crippen LogP contribution in [0.3, 0.4) is 0 Å². The Balaban J connectivity index is 1.92. The van der Waals surface area contributed by atoms with E-state index in [-0.39, 0.29) is 18.0 Å². The molecule has 0 aliphatic heterocycles. The Labute approximate surface area is 130 Å². The molecule has 2 aromatic heterocycles. The van der Waals surface area contributed by atoms with Crippen molar-refractivity contribution in [3.05, 3.63) is 70.0 Å². The number of pyridine rings is 1. The number of hydrogen-bond acceptors (Lipinski definition) is 5. The Morgan fingerprint density at radius 1 is 1.22 bits per heavy atom. The molecule has 0 atom stereocenters. The minimum Gasteiger partial charge on any atom is -0.477 e. The highest BCUT2D eigenvalue weighted by Crippen LogP contribution is 2.17. The average Bonchev–Trinajstić information content (AvgIpc) is 2.99. The fourth-order valence-electron chi connectivity index (χ4n) is 2.21. The van der Waals surface area contributed by atoms with Gasteiger partial charge in [-0.1, -0.05) is 18.2 Å².